The second-order valence-corrected chi connectivity index (χ2v) is 4.21. The van der Waals surface area contributed by atoms with E-state index in [1.54, 1.807) is 18.5 Å². The number of ether oxygens (including phenoxy) is 1. The fourth-order valence-corrected chi connectivity index (χ4v) is 1.77. The van der Waals surface area contributed by atoms with Crippen LogP contribution in [0.3, 0.4) is 0 Å². The van der Waals surface area contributed by atoms with Gasteiger partial charge >= 0.3 is 0 Å². The van der Waals surface area contributed by atoms with E-state index in [1.165, 1.54) is 19.2 Å². The standard InChI is InChI=1S/C15H15FN2O2/c1-20-12-2-3-13(14(16)10-12)15(19)18-9-6-11-4-7-17-8-5-11/h2-5,7-8,10H,6,9H2,1H3,(H,18,19). The van der Waals surface area contributed by atoms with E-state index in [0.29, 0.717) is 18.7 Å². The molecule has 0 aliphatic rings. The lowest BCUT2D eigenvalue weighted by Crippen LogP contribution is -2.26. The van der Waals surface area contributed by atoms with Crippen LogP contribution in [0.1, 0.15) is 15.9 Å². The van der Waals surface area contributed by atoms with Gasteiger partial charge in [-0.25, -0.2) is 4.39 Å². The molecule has 0 saturated heterocycles. The first-order valence-electron chi connectivity index (χ1n) is 6.21. The van der Waals surface area contributed by atoms with Gasteiger partial charge in [-0.05, 0) is 36.2 Å². The van der Waals surface area contributed by atoms with Gasteiger partial charge in [0.05, 0.1) is 12.7 Å². The number of nitrogens with one attached hydrogen (secondary N) is 1. The maximum Gasteiger partial charge on any atom is 0.254 e. The number of methoxy groups -OCH3 is 1. The van der Waals surface area contributed by atoms with Gasteiger partial charge in [0, 0.05) is 25.0 Å². The van der Waals surface area contributed by atoms with Crippen molar-refractivity contribution in [1.82, 2.24) is 10.3 Å². The number of benzene rings is 1. The number of pyridine rings is 1. The lowest BCUT2D eigenvalue weighted by Gasteiger charge is -2.07. The number of aromatic nitrogens is 1. The Bertz CT molecular complexity index is 588. The van der Waals surface area contributed by atoms with Gasteiger partial charge in [0.15, 0.2) is 0 Å². The van der Waals surface area contributed by atoms with Gasteiger partial charge in [0.25, 0.3) is 5.91 Å². The van der Waals surface area contributed by atoms with E-state index in [4.69, 9.17) is 4.74 Å². The van der Waals surface area contributed by atoms with E-state index in [9.17, 15) is 9.18 Å². The van der Waals surface area contributed by atoms with Crippen molar-refractivity contribution in [3.05, 3.63) is 59.7 Å². The molecule has 20 heavy (non-hydrogen) atoms. The predicted molar refractivity (Wildman–Crippen MR) is 73.2 cm³/mol. The average Bonchev–Trinajstić information content (AvgIpc) is 2.48. The first kappa shape index (κ1) is 14.0. The Hall–Kier alpha value is -2.43. The SMILES string of the molecule is COc1ccc(C(=O)NCCc2ccncc2)c(F)c1. The van der Waals surface area contributed by atoms with Gasteiger partial charge < -0.3 is 10.1 Å². The maximum atomic E-state index is 13.7. The van der Waals surface area contributed by atoms with Gasteiger partial charge in [-0.1, -0.05) is 0 Å². The summed E-state index contributed by atoms with van der Waals surface area (Å²) < 4.78 is 18.6. The molecule has 1 aromatic carbocycles. The quantitative estimate of drug-likeness (QED) is 0.909. The van der Waals surface area contributed by atoms with E-state index in [2.05, 4.69) is 10.3 Å². The maximum absolute atomic E-state index is 13.7. The van der Waals surface area contributed by atoms with E-state index in [1.807, 2.05) is 12.1 Å². The van der Waals surface area contributed by atoms with Crippen molar-refractivity contribution in [2.75, 3.05) is 13.7 Å². The number of carbonyl (C=O) groups excluding carboxylic acids is 1. The summed E-state index contributed by atoms with van der Waals surface area (Å²) in [6.45, 7) is 0.439. The van der Waals surface area contributed by atoms with E-state index in [-0.39, 0.29) is 5.56 Å². The Balaban J connectivity index is 1.92. The topological polar surface area (TPSA) is 51.2 Å². The summed E-state index contributed by atoms with van der Waals surface area (Å²) in [4.78, 5) is 15.8. The third kappa shape index (κ3) is 3.54. The molecule has 1 amide bonds. The van der Waals surface area contributed by atoms with Gasteiger partial charge in [-0.3, -0.25) is 9.78 Å². The number of carbonyl (C=O) groups is 1. The Morgan fingerprint density at radius 3 is 2.70 bits per heavy atom. The van der Waals surface area contributed by atoms with E-state index in [0.717, 1.165) is 5.56 Å². The van der Waals surface area contributed by atoms with Crippen LogP contribution < -0.4 is 10.1 Å². The number of halogens is 1. The summed E-state index contributed by atoms with van der Waals surface area (Å²) in [6.07, 6.45) is 4.06. The molecule has 4 nitrogen and oxygen atoms in total. The van der Waals surface area contributed by atoms with Crippen LogP contribution >= 0.6 is 0 Å². The van der Waals surface area contributed by atoms with Crippen LogP contribution in [-0.4, -0.2) is 24.5 Å². The highest BCUT2D eigenvalue weighted by atomic mass is 19.1. The molecule has 1 aromatic heterocycles. The molecule has 0 aliphatic heterocycles. The van der Waals surface area contributed by atoms with E-state index < -0.39 is 11.7 Å². The third-order valence-corrected chi connectivity index (χ3v) is 2.87. The van der Waals surface area contributed by atoms with Crippen molar-refractivity contribution < 1.29 is 13.9 Å². The zero-order valence-corrected chi connectivity index (χ0v) is 11.1. The zero-order chi connectivity index (χ0) is 14.4. The Morgan fingerprint density at radius 1 is 1.30 bits per heavy atom. The highest BCUT2D eigenvalue weighted by Crippen LogP contribution is 2.16. The van der Waals surface area contributed by atoms with Gasteiger partial charge in [0.2, 0.25) is 0 Å². The van der Waals surface area contributed by atoms with Gasteiger partial charge in [-0.15, -0.1) is 0 Å². The minimum Gasteiger partial charge on any atom is -0.497 e. The molecule has 0 spiro atoms. The normalized spacial score (nSPS) is 10.1. The smallest absolute Gasteiger partial charge is 0.254 e. The molecule has 5 heteroatoms. The highest BCUT2D eigenvalue weighted by molar-refractivity contribution is 5.94. The zero-order valence-electron chi connectivity index (χ0n) is 11.1. The number of amides is 1. The minimum absolute atomic E-state index is 0.0144. The molecule has 2 aromatic rings. The van der Waals surface area contributed by atoms with Crippen LogP contribution in [0.5, 0.6) is 5.75 Å². The summed E-state index contributed by atoms with van der Waals surface area (Å²) in [5.74, 6) is -0.638. The fourth-order valence-electron chi connectivity index (χ4n) is 1.77. The van der Waals surface area contributed by atoms with E-state index >= 15 is 0 Å². The van der Waals surface area contributed by atoms with Crippen LogP contribution in [0, 0.1) is 5.82 Å². The summed E-state index contributed by atoms with van der Waals surface area (Å²) in [7, 11) is 1.45. The van der Waals surface area contributed by atoms with Crippen LogP contribution in [0.15, 0.2) is 42.7 Å². The van der Waals surface area contributed by atoms with Crippen LogP contribution in [0.25, 0.3) is 0 Å². The summed E-state index contributed by atoms with van der Waals surface area (Å²) >= 11 is 0. The molecular formula is C15H15FN2O2. The summed E-state index contributed by atoms with van der Waals surface area (Å²) in [6, 6.07) is 7.91. The van der Waals surface area contributed by atoms with Crippen LogP contribution in [-0.2, 0) is 6.42 Å². The Kier molecular flexibility index (Phi) is 4.65. The number of rotatable bonds is 5. The summed E-state index contributed by atoms with van der Waals surface area (Å²) in [5, 5.41) is 2.69. The monoisotopic (exact) mass is 274 g/mol. The lowest BCUT2D eigenvalue weighted by atomic mass is 10.1. The predicted octanol–water partition coefficient (Wildman–Crippen LogP) is 2.20. The van der Waals surface area contributed by atoms with Crippen LogP contribution in [0.2, 0.25) is 0 Å². The van der Waals surface area contributed by atoms with Crippen molar-refractivity contribution in [3.8, 4) is 5.75 Å². The fraction of sp³-hybridized carbons (Fsp3) is 0.200. The second-order valence-electron chi connectivity index (χ2n) is 4.21. The van der Waals surface area contributed by atoms with Crippen molar-refractivity contribution in [1.29, 1.82) is 0 Å². The van der Waals surface area contributed by atoms with Crippen molar-refractivity contribution in [3.63, 3.8) is 0 Å². The minimum atomic E-state index is -0.592. The van der Waals surface area contributed by atoms with Gasteiger partial charge in [-0.2, -0.15) is 0 Å². The van der Waals surface area contributed by atoms with Crippen molar-refractivity contribution in [2.24, 2.45) is 0 Å². The Morgan fingerprint density at radius 2 is 2.05 bits per heavy atom. The number of nitrogens with zero attached hydrogens (tertiary/aromatic N) is 1. The number of hydrogen-bond donors (Lipinski definition) is 1. The Labute approximate surface area is 116 Å². The molecule has 1 N–H and O–H groups in total. The highest BCUT2D eigenvalue weighted by Gasteiger charge is 2.11. The van der Waals surface area contributed by atoms with Crippen molar-refractivity contribution >= 4 is 5.91 Å². The largest absolute Gasteiger partial charge is 0.497 e. The third-order valence-electron chi connectivity index (χ3n) is 2.87. The number of hydrogen-bond acceptors (Lipinski definition) is 3. The van der Waals surface area contributed by atoms with Crippen molar-refractivity contribution in [2.45, 2.75) is 6.42 Å². The first-order chi connectivity index (χ1) is 9.70. The first-order valence-corrected chi connectivity index (χ1v) is 6.21. The van der Waals surface area contributed by atoms with Gasteiger partial charge in [0.1, 0.15) is 11.6 Å². The molecule has 0 radical (unpaired) electrons. The lowest BCUT2D eigenvalue weighted by molar-refractivity contribution is 0.0950. The molecule has 0 unspecified atom stereocenters. The molecule has 0 bridgehead atoms. The molecule has 0 fully saturated rings. The second kappa shape index (κ2) is 6.65. The molecule has 2 rings (SSSR count). The average molecular weight is 274 g/mol. The molecule has 1 heterocycles. The molecule has 0 aliphatic carbocycles. The molecule has 0 atom stereocenters. The molecule has 0 saturated carbocycles. The summed E-state index contributed by atoms with van der Waals surface area (Å²) in [5.41, 5.74) is 1.08. The van der Waals surface area contributed by atoms with Crippen LogP contribution in [0.4, 0.5) is 4.39 Å². The molecular weight excluding hydrogens is 259 g/mol. The molecule has 104 valence electrons.